The van der Waals surface area contributed by atoms with E-state index in [1.54, 1.807) is 6.07 Å². The van der Waals surface area contributed by atoms with Gasteiger partial charge in [0.2, 0.25) is 11.8 Å². The minimum Gasteiger partial charge on any atom is -0.481 e. The minimum absolute atomic E-state index is 0.0927. The van der Waals surface area contributed by atoms with Crippen LogP contribution in [-0.4, -0.2) is 45.8 Å². The molecule has 1 aliphatic heterocycles. The van der Waals surface area contributed by atoms with Crippen LogP contribution in [0.1, 0.15) is 24.8 Å². The number of nitrogens with one attached hydrogen (secondary N) is 1. The van der Waals surface area contributed by atoms with Crippen LogP contribution in [0.5, 0.6) is 0 Å². The smallest absolute Gasteiger partial charge is 0.313 e. The lowest BCUT2D eigenvalue weighted by Gasteiger charge is -2.26. The van der Waals surface area contributed by atoms with Gasteiger partial charge in [-0.2, -0.15) is 0 Å². The van der Waals surface area contributed by atoms with E-state index in [1.165, 1.54) is 0 Å². The molecule has 0 radical (unpaired) electrons. The van der Waals surface area contributed by atoms with Gasteiger partial charge >= 0.3 is 5.97 Å². The Morgan fingerprint density at radius 1 is 1.26 bits per heavy atom. The molecule has 0 bridgehead atoms. The number of piperidine rings is 1. The number of amides is 2. The monoisotopic (exact) mass is 336 g/mol. The van der Waals surface area contributed by atoms with E-state index in [-0.39, 0.29) is 23.3 Å². The third-order valence-electron chi connectivity index (χ3n) is 3.46. The summed E-state index contributed by atoms with van der Waals surface area (Å²) in [5, 5.41) is 11.3. The van der Waals surface area contributed by atoms with E-state index >= 15 is 0 Å². The van der Waals surface area contributed by atoms with Gasteiger partial charge in [0.15, 0.2) is 0 Å². The predicted octanol–water partition coefficient (Wildman–Crippen LogP) is 1.96. The molecule has 0 aliphatic carbocycles. The zero-order valence-electron chi connectivity index (χ0n) is 12.8. The third-order valence-corrected chi connectivity index (χ3v) is 4.38. The summed E-state index contributed by atoms with van der Waals surface area (Å²) < 4.78 is 0. The number of carboxylic acid groups (broad SMARTS) is 1. The van der Waals surface area contributed by atoms with Gasteiger partial charge in [-0.05, 0) is 30.5 Å². The highest BCUT2D eigenvalue weighted by Gasteiger charge is 2.18. The second-order valence-electron chi connectivity index (χ2n) is 5.41. The van der Waals surface area contributed by atoms with E-state index in [2.05, 4.69) is 5.32 Å². The Labute approximate surface area is 139 Å². The van der Waals surface area contributed by atoms with E-state index in [0.29, 0.717) is 18.7 Å². The summed E-state index contributed by atoms with van der Waals surface area (Å²) in [6, 6.07) is 7.39. The van der Waals surface area contributed by atoms with Gasteiger partial charge in [0.05, 0.1) is 11.5 Å². The molecule has 2 rings (SSSR count). The van der Waals surface area contributed by atoms with Crippen molar-refractivity contribution in [1.29, 1.82) is 0 Å². The summed E-state index contributed by atoms with van der Waals surface area (Å²) in [6.45, 7) is 1.33. The fourth-order valence-electron chi connectivity index (χ4n) is 2.42. The number of anilines is 1. The fraction of sp³-hybridized carbons (Fsp3) is 0.438. The molecule has 1 aromatic carbocycles. The second kappa shape index (κ2) is 8.57. The number of nitrogens with zero attached hydrogens (tertiary/aromatic N) is 1. The molecule has 0 unspecified atom stereocenters. The molecule has 23 heavy (non-hydrogen) atoms. The lowest BCUT2D eigenvalue weighted by atomic mass is 10.1. The van der Waals surface area contributed by atoms with Crippen LogP contribution in [0.25, 0.3) is 0 Å². The van der Waals surface area contributed by atoms with Crippen molar-refractivity contribution in [3.05, 3.63) is 29.8 Å². The Kier molecular flexibility index (Phi) is 6.46. The van der Waals surface area contributed by atoms with E-state index in [9.17, 15) is 14.4 Å². The van der Waals surface area contributed by atoms with E-state index in [1.807, 2.05) is 23.1 Å². The molecular weight excluding hydrogens is 316 g/mol. The Morgan fingerprint density at radius 2 is 2.09 bits per heavy atom. The maximum absolute atomic E-state index is 11.8. The summed E-state index contributed by atoms with van der Waals surface area (Å²) >= 11 is 1.06. The predicted molar refractivity (Wildman–Crippen MR) is 89.3 cm³/mol. The first-order chi connectivity index (χ1) is 11.0. The first kappa shape index (κ1) is 17.3. The molecule has 0 saturated carbocycles. The minimum atomic E-state index is -0.934. The molecule has 0 aromatic heterocycles. The lowest BCUT2D eigenvalue weighted by Crippen LogP contribution is -2.34. The van der Waals surface area contributed by atoms with Crippen molar-refractivity contribution in [2.45, 2.75) is 25.8 Å². The van der Waals surface area contributed by atoms with E-state index in [0.717, 1.165) is 36.7 Å². The average molecular weight is 336 g/mol. The number of rotatable bonds is 7. The number of benzene rings is 1. The SMILES string of the molecule is O=C(O)CSCC(=O)Nc1cccc(CN2CCCCC2=O)c1. The molecule has 1 fully saturated rings. The standard InChI is InChI=1S/C16H20N2O4S/c19-14(10-23-11-16(21)22)17-13-5-3-4-12(8-13)9-18-7-2-1-6-15(18)20/h3-5,8H,1-2,6-7,9-11H2,(H,17,19)(H,21,22). The van der Waals surface area contributed by atoms with Crippen molar-refractivity contribution >= 4 is 35.2 Å². The summed E-state index contributed by atoms with van der Waals surface area (Å²) in [5.41, 5.74) is 1.63. The largest absolute Gasteiger partial charge is 0.481 e. The van der Waals surface area contributed by atoms with E-state index in [4.69, 9.17) is 5.11 Å². The summed E-state index contributed by atoms with van der Waals surface area (Å²) in [4.78, 5) is 35.9. The Bertz CT molecular complexity index is 591. The van der Waals surface area contributed by atoms with Crippen molar-refractivity contribution in [1.82, 2.24) is 4.90 Å². The molecular formula is C16H20N2O4S. The number of hydrogen-bond donors (Lipinski definition) is 2. The van der Waals surface area contributed by atoms with Gasteiger partial charge < -0.3 is 15.3 Å². The van der Waals surface area contributed by atoms with Gasteiger partial charge in [0.1, 0.15) is 0 Å². The highest BCUT2D eigenvalue weighted by molar-refractivity contribution is 8.00. The number of carbonyl (C=O) groups is 3. The fourth-order valence-corrected chi connectivity index (χ4v) is 2.96. The molecule has 0 atom stereocenters. The zero-order valence-corrected chi connectivity index (χ0v) is 13.6. The van der Waals surface area contributed by atoms with Crippen LogP contribution in [0.4, 0.5) is 5.69 Å². The molecule has 1 aliphatic rings. The van der Waals surface area contributed by atoms with Gasteiger partial charge in [0, 0.05) is 25.2 Å². The van der Waals surface area contributed by atoms with Crippen LogP contribution in [0.15, 0.2) is 24.3 Å². The first-order valence-electron chi connectivity index (χ1n) is 7.50. The molecule has 7 heteroatoms. The average Bonchev–Trinajstić information content (AvgIpc) is 2.49. The molecule has 1 heterocycles. The number of thioether (sulfide) groups is 1. The number of carboxylic acids is 1. The van der Waals surface area contributed by atoms with Gasteiger partial charge in [-0.25, -0.2) is 0 Å². The molecule has 124 valence electrons. The van der Waals surface area contributed by atoms with Crippen LogP contribution in [0.2, 0.25) is 0 Å². The van der Waals surface area contributed by atoms with Crippen molar-refractivity contribution in [2.24, 2.45) is 0 Å². The molecule has 2 N–H and O–H groups in total. The Morgan fingerprint density at radius 3 is 2.83 bits per heavy atom. The molecule has 1 saturated heterocycles. The Hall–Kier alpha value is -2.02. The van der Waals surface area contributed by atoms with Gasteiger partial charge in [-0.15, -0.1) is 11.8 Å². The van der Waals surface area contributed by atoms with Crippen molar-refractivity contribution in [2.75, 3.05) is 23.4 Å². The number of carbonyl (C=O) groups excluding carboxylic acids is 2. The van der Waals surface area contributed by atoms with Crippen LogP contribution in [-0.2, 0) is 20.9 Å². The zero-order chi connectivity index (χ0) is 16.7. The first-order valence-corrected chi connectivity index (χ1v) is 8.66. The maximum atomic E-state index is 11.8. The van der Waals surface area contributed by atoms with Crippen LogP contribution in [0, 0.1) is 0 Å². The van der Waals surface area contributed by atoms with Crippen molar-refractivity contribution in [3.63, 3.8) is 0 Å². The second-order valence-corrected chi connectivity index (χ2v) is 6.39. The molecule has 1 aromatic rings. The number of likely N-dealkylation sites (tertiary alicyclic amines) is 1. The van der Waals surface area contributed by atoms with Gasteiger partial charge in [0.25, 0.3) is 0 Å². The van der Waals surface area contributed by atoms with Crippen LogP contribution < -0.4 is 5.32 Å². The summed E-state index contributed by atoms with van der Waals surface area (Å²) in [7, 11) is 0. The molecule has 0 spiro atoms. The van der Waals surface area contributed by atoms with Crippen molar-refractivity contribution < 1.29 is 19.5 Å². The maximum Gasteiger partial charge on any atom is 0.313 e. The van der Waals surface area contributed by atoms with E-state index < -0.39 is 5.97 Å². The van der Waals surface area contributed by atoms with Crippen LogP contribution in [0.3, 0.4) is 0 Å². The quantitative estimate of drug-likeness (QED) is 0.795. The highest BCUT2D eigenvalue weighted by atomic mass is 32.2. The topological polar surface area (TPSA) is 86.7 Å². The van der Waals surface area contributed by atoms with Crippen LogP contribution >= 0.6 is 11.8 Å². The summed E-state index contributed by atoms with van der Waals surface area (Å²) in [5.74, 6) is -0.986. The summed E-state index contributed by atoms with van der Waals surface area (Å²) in [6.07, 6.45) is 2.60. The lowest BCUT2D eigenvalue weighted by molar-refractivity contribution is -0.134. The normalized spacial score (nSPS) is 14.6. The third kappa shape index (κ3) is 5.94. The highest BCUT2D eigenvalue weighted by Crippen LogP contribution is 2.17. The molecule has 6 nitrogen and oxygen atoms in total. The van der Waals surface area contributed by atoms with Crippen molar-refractivity contribution in [3.8, 4) is 0 Å². The van der Waals surface area contributed by atoms with Gasteiger partial charge in [-0.3, -0.25) is 14.4 Å². The molecule has 2 amide bonds. The number of aliphatic carboxylic acids is 1. The van der Waals surface area contributed by atoms with Gasteiger partial charge in [-0.1, -0.05) is 12.1 Å². The Balaban J connectivity index is 1.87. The number of hydrogen-bond acceptors (Lipinski definition) is 4.